The molecule has 2 atom stereocenters. The van der Waals surface area contributed by atoms with Gasteiger partial charge in [0.05, 0.1) is 12.5 Å². The maximum Gasteiger partial charge on any atom is 0.475 e. The largest absolute Gasteiger partial charge is 0.475 e. The number of aryl methyl sites for hydroxylation is 1. The van der Waals surface area contributed by atoms with Gasteiger partial charge in [-0.1, -0.05) is 69.7 Å². The Labute approximate surface area is 219 Å². The van der Waals surface area contributed by atoms with Gasteiger partial charge in [-0.15, -0.1) is 0 Å². The maximum atomic E-state index is 13.0. The fraction of sp³-hybridized carbons (Fsp3) is 0.444. The molecule has 2 aromatic rings. The molecule has 3 amide bonds. The van der Waals surface area contributed by atoms with Gasteiger partial charge in [-0.2, -0.15) is 0 Å². The van der Waals surface area contributed by atoms with Crippen LogP contribution in [0.2, 0.25) is 0 Å². The SMILES string of the molecule is CCCCc1ccc(C(=O)NC(CNC(=O)OCc2ccccc2)C(=O)NC(CC(C)C)B(O)O)cc1. The lowest BCUT2D eigenvalue weighted by Crippen LogP contribution is -2.57. The minimum Gasteiger partial charge on any atom is -0.445 e. The highest BCUT2D eigenvalue weighted by Crippen LogP contribution is 2.09. The number of unbranched alkanes of at least 4 members (excludes halogenated alkanes) is 1. The van der Waals surface area contributed by atoms with Crippen molar-refractivity contribution in [2.24, 2.45) is 5.92 Å². The van der Waals surface area contributed by atoms with Gasteiger partial charge in [0.25, 0.3) is 5.91 Å². The Morgan fingerprint density at radius 2 is 1.62 bits per heavy atom. The number of hydrogen-bond acceptors (Lipinski definition) is 6. The van der Waals surface area contributed by atoms with E-state index < -0.39 is 37.0 Å². The van der Waals surface area contributed by atoms with Crippen LogP contribution in [0.25, 0.3) is 0 Å². The number of carbonyl (C=O) groups is 3. The Kier molecular flexibility index (Phi) is 12.7. The number of alkyl carbamates (subject to hydrolysis) is 1. The van der Waals surface area contributed by atoms with Gasteiger partial charge in [-0.05, 0) is 48.4 Å². The summed E-state index contributed by atoms with van der Waals surface area (Å²) < 4.78 is 5.19. The standard InChI is InChI=1S/C27H38BN3O6/c1-4-5-9-20-12-14-22(15-13-20)25(32)30-23(26(33)31-24(28(35)36)16-19(2)3)17-29-27(34)37-18-21-10-7-6-8-11-21/h6-8,10-15,19,23-24,35-36H,4-5,9,16-18H2,1-3H3,(H,29,34)(H,30,32)(H,31,33). The van der Waals surface area contributed by atoms with Gasteiger partial charge in [-0.3, -0.25) is 9.59 Å². The molecule has 9 nitrogen and oxygen atoms in total. The molecule has 0 bridgehead atoms. The molecule has 0 fully saturated rings. The summed E-state index contributed by atoms with van der Waals surface area (Å²) in [6.07, 6.45) is 2.60. The molecule has 0 radical (unpaired) electrons. The smallest absolute Gasteiger partial charge is 0.445 e. The topological polar surface area (TPSA) is 137 Å². The number of carbonyl (C=O) groups excluding carboxylic acids is 3. The van der Waals surface area contributed by atoms with E-state index >= 15 is 0 Å². The summed E-state index contributed by atoms with van der Waals surface area (Å²) in [7, 11) is -1.78. The van der Waals surface area contributed by atoms with Crippen LogP contribution < -0.4 is 16.0 Å². The van der Waals surface area contributed by atoms with Crippen LogP contribution in [0.5, 0.6) is 0 Å². The molecule has 2 rings (SSSR count). The van der Waals surface area contributed by atoms with E-state index in [9.17, 15) is 24.4 Å². The van der Waals surface area contributed by atoms with Gasteiger partial charge in [0, 0.05) is 5.56 Å². The zero-order chi connectivity index (χ0) is 27.2. The van der Waals surface area contributed by atoms with Crippen molar-refractivity contribution in [1.82, 2.24) is 16.0 Å². The molecule has 0 aromatic heterocycles. The first-order valence-electron chi connectivity index (χ1n) is 12.7. The molecule has 0 aliphatic carbocycles. The second-order valence-electron chi connectivity index (χ2n) is 9.43. The number of ether oxygens (including phenoxy) is 1. The highest BCUT2D eigenvalue weighted by atomic mass is 16.5. The summed E-state index contributed by atoms with van der Waals surface area (Å²) in [6.45, 7) is 5.67. The van der Waals surface area contributed by atoms with Crippen LogP contribution in [0.4, 0.5) is 4.79 Å². The first-order chi connectivity index (χ1) is 17.7. The van der Waals surface area contributed by atoms with E-state index in [1.807, 2.05) is 56.3 Å². The molecule has 200 valence electrons. The number of amides is 3. The normalized spacial score (nSPS) is 12.4. The van der Waals surface area contributed by atoms with Crippen LogP contribution in [0.15, 0.2) is 54.6 Å². The monoisotopic (exact) mass is 511 g/mol. The first kappa shape index (κ1) is 29.9. The third-order valence-corrected chi connectivity index (χ3v) is 5.73. The lowest BCUT2D eigenvalue weighted by molar-refractivity contribution is -0.123. The molecule has 37 heavy (non-hydrogen) atoms. The second-order valence-corrected chi connectivity index (χ2v) is 9.43. The van der Waals surface area contributed by atoms with E-state index in [0.29, 0.717) is 12.0 Å². The second kappa shape index (κ2) is 15.7. The third kappa shape index (κ3) is 11.1. The van der Waals surface area contributed by atoms with Crippen molar-refractivity contribution in [2.45, 2.75) is 65.0 Å². The minimum atomic E-state index is -1.78. The van der Waals surface area contributed by atoms with E-state index in [1.165, 1.54) is 0 Å². The molecule has 10 heteroatoms. The molecule has 2 aromatic carbocycles. The molecule has 0 saturated heterocycles. The average molecular weight is 511 g/mol. The summed E-state index contributed by atoms with van der Waals surface area (Å²) in [5.74, 6) is -2.01. The van der Waals surface area contributed by atoms with E-state index in [4.69, 9.17) is 4.74 Å². The van der Waals surface area contributed by atoms with Gasteiger partial charge in [-0.25, -0.2) is 4.79 Å². The molecular formula is C27H38BN3O6. The Balaban J connectivity index is 2.06. The molecule has 0 spiro atoms. The lowest BCUT2D eigenvalue weighted by Gasteiger charge is -2.24. The van der Waals surface area contributed by atoms with Crippen molar-refractivity contribution in [3.8, 4) is 0 Å². The molecule has 0 aliphatic rings. The summed E-state index contributed by atoms with van der Waals surface area (Å²) in [5, 5.41) is 27.1. The highest BCUT2D eigenvalue weighted by molar-refractivity contribution is 6.43. The third-order valence-electron chi connectivity index (χ3n) is 5.73. The molecular weight excluding hydrogens is 473 g/mol. The fourth-order valence-corrected chi connectivity index (χ4v) is 3.66. The molecule has 0 aliphatic heterocycles. The zero-order valence-electron chi connectivity index (χ0n) is 21.8. The van der Waals surface area contributed by atoms with Gasteiger partial charge in [0.1, 0.15) is 12.6 Å². The Bertz CT molecular complexity index is 985. The molecule has 0 heterocycles. The molecule has 5 N–H and O–H groups in total. The van der Waals surface area contributed by atoms with Gasteiger partial charge < -0.3 is 30.7 Å². The van der Waals surface area contributed by atoms with Crippen LogP contribution in [-0.4, -0.2) is 53.6 Å². The van der Waals surface area contributed by atoms with Crippen LogP contribution >= 0.6 is 0 Å². The Morgan fingerprint density at radius 1 is 0.946 bits per heavy atom. The average Bonchev–Trinajstić information content (AvgIpc) is 2.88. The predicted octanol–water partition coefficient (Wildman–Crippen LogP) is 2.60. The lowest BCUT2D eigenvalue weighted by atomic mass is 9.75. The van der Waals surface area contributed by atoms with E-state index in [1.54, 1.807) is 12.1 Å². The van der Waals surface area contributed by atoms with E-state index in [0.717, 1.165) is 30.4 Å². The number of hydrogen-bond donors (Lipinski definition) is 5. The zero-order valence-corrected chi connectivity index (χ0v) is 21.8. The van der Waals surface area contributed by atoms with Crippen molar-refractivity contribution in [3.63, 3.8) is 0 Å². The maximum absolute atomic E-state index is 13.0. The van der Waals surface area contributed by atoms with Gasteiger partial charge >= 0.3 is 13.2 Å². The summed E-state index contributed by atoms with van der Waals surface area (Å²) >= 11 is 0. The predicted molar refractivity (Wildman–Crippen MR) is 143 cm³/mol. The van der Waals surface area contributed by atoms with Crippen LogP contribution in [0.1, 0.15) is 61.5 Å². The fourth-order valence-electron chi connectivity index (χ4n) is 3.66. The Hall–Kier alpha value is -3.37. The summed E-state index contributed by atoms with van der Waals surface area (Å²) in [6, 6.07) is 15.1. The van der Waals surface area contributed by atoms with E-state index in [2.05, 4.69) is 22.9 Å². The highest BCUT2D eigenvalue weighted by Gasteiger charge is 2.30. The van der Waals surface area contributed by atoms with Crippen molar-refractivity contribution in [1.29, 1.82) is 0 Å². The Morgan fingerprint density at radius 3 is 2.22 bits per heavy atom. The van der Waals surface area contributed by atoms with Gasteiger partial charge in [0.15, 0.2) is 0 Å². The van der Waals surface area contributed by atoms with Crippen LogP contribution in [0, 0.1) is 5.92 Å². The summed E-state index contributed by atoms with van der Waals surface area (Å²) in [4.78, 5) is 38.2. The van der Waals surface area contributed by atoms with Crippen molar-refractivity contribution < 1.29 is 29.2 Å². The van der Waals surface area contributed by atoms with Crippen molar-refractivity contribution in [2.75, 3.05) is 6.54 Å². The van der Waals surface area contributed by atoms with Crippen LogP contribution in [0.3, 0.4) is 0 Å². The molecule has 2 unspecified atom stereocenters. The van der Waals surface area contributed by atoms with E-state index in [-0.39, 0.29) is 19.1 Å². The first-order valence-corrected chi connectivity index (χ1v) is 12.7. The number of nitrogens with one attached hydrogen (secondary N) is 3. The number of benzene rings is 2. The van der Waals surface area contributed by atoms with Crippen LogP contribution in [-0.2, 0) is 22.6 Å². The quantitative estimate of drug-likeness (QED) is 0.247. The van der Waals surface area contributed by atoms with Crippen molar-refractivity contribution >= 4 is 25.0 Å². The molecule has 0 saturated carbocycles. The van der Waals surface area contributed by atoms with Crippen molar-refractivity contribution in [3.05, 3.63) is 71.3 Å². The minimum absolute atomic E-state index is 0.0491. The summed E-state index contributed by atoms with van der Waals surface area (Å²) in [5.41, 5.74) is 2.28. The van der Waals surface area contributed by atoms with Gasteiger partial charge in [0.2, 0.25) is 5.91 Å². The number of rotatable bonds is 14.